The minimum Gasteiger partial charge on any atom is -0.462 e. The van der Waals surface area contributed by atoms with E-state index in [0.717, 1.165) is 60.0 Å². The second kappa shape index (κ2) is 11.8. The van der Waals surface area contributed by atoms with Crippen molar-refractivity contribution in [3.8, 4) is 0 Å². The number of sulfone groups is 1. The van der Waals surface area contributed by atoms with Crippen molar-refractivity contribution in [1.29, 1.82) is 0 Å². The zero-order valence-electron chi connectivity index (χ0n) is 21.8. The molecule has 1 aromatic rings. The zero-order chi connectivity index (χ0) is 25.5. The first-order chi connectivity index (χ1) is 15.8. The first-order valence-corrected chi connectivity index (χ1v) is 13.5. The molecule has 0 saturated heterocycles. The van der Waals surface area contributed by atoms with Gasteiger partial charge in [-0.2, -0.15) is 0 Å². The second-order valence-electron chi connectivity index (χ2n) is 10.1. The lowest BCUT2D eigenvalue weighted by Gasteiger charge is -2.35. The number of rotatable bonds is 9. The van der Waals surface area contributed by atoms with Gasteiger partial charge in [0.1, 0.15) is 6.61 Å². The average molecular weight is 485 g/mol. The second-order valence-corrected chi connectivity index (χ2v) is 12.0. The minimum absolute atomic E-state index is 0.206. The standard InChI is InChI=1S/C29H40O4S/c1-21(17-19-33-25(5)30)10-8-11-23(3)20-27(28-24(4)12-9-18-29(28,6)7)34(31,32)26-15-13-22(2)14-16-26/h11,13-17,20H,8-10,12,18-19H2,1-7H3. The SMILES string of the molecule is CC(=O)OCC=C(C)CCC=C(C)C=C(C1=C(C)CCCC1(C)C)S(=O)(=O)c1ccc(C)cc1. The number of aryl methyl sites for hydroxylation is 1. The van der Waals surface area contributed by atoms with Gasteiger partial charge < -0.3 is 4.74 Å². The molecule has 0 fully saturated rings. The number of benzene rings is 1. The van der Waals surface area contributed by atoms with Crippen molar-refractivity contribution in [2.45, 2.75) is 85.5 Å². The zero-order valence-corrected chi connectivity index (χ0v) is 22.6. The molecule has 34 heavy (non-hydrogen) atoms. The van der Waals surface area contributed by atoms with Gasteiger partial charge in [-0.05, 0) is 95.1 Å². The van der Waals surface area contributed by atoms with E-state index in [0.29, 0.717) is 9.80 Å². The third-order valence-corrected chi connectivity index (χ3v) is 8.20. The Kier molecular flexibility index (Phi) is 9.69. The maximum absolute atomic E-state index is 13.9. The van der Waals surface area contributed by atoms with Crippen LogP contribution in [0.2, 0.25) is 0 Å². The first-order valence-electron chi connectivity index (χ1n) is 12.0. The molecule has 0 heterocycles. The Balaban J connectivity index is 2.43. The largest absolute Gasteiger partial charge is 0.462 e. The van der Waals surface area contributed by atoms with E-state index in [9.17, 15) is 13.2 Å². The van der Waals surface area contributed by atoms with Gasteiger partial charge in [0.2, 0.25) is 9.84 Å². The fourth-order valence-electron chi connectivity index (χ4n) is 4.49. The Morgan fingerprint density at radius 3 is 2.29 bits per heavy atom. The molecule has 1 aliphatic rings. The van der Waals surface area contributed by atoms with Crippen molar-refractivity contribution in [3.63, 3.8) is 0 Å². The first kappa shape index (κ1) is 27.8. The molecule has 2 rings (SSSR count). The van der Waals surface area contributed by atoms with Crippen LogP contribution in [0.15, 0.2) is 74.6 Å². The number of esters is 1. The molecule has 1 aromatic carbocycles. The van der Waals surface area contributed by atoms with Crippen molar-refractivity contribution in [2.24, 2.45) is 5.41 Å². The van der Waals surface area contributed by atoms with Gasteiger partial charge in [-0.1, -0.05) is 54.3 Å². The van der Waals surface area contributed by atoms with Crippen molar-refractivity contribution in [3.05, 3.63) is 75.3 Å². The highest BCUT2D eigenvalue weighted by molar-refractivity contribution is 7.95. The molecule has 0 atom stereocenters. The smallest absolute Gasteiger partial charge is 0.302 e. The highest BCUT2D eigenvalue weighted by atomic mass is 32.2. The summed E-state index contributed by atoms with van der Waals surface area (Å²) in [7, 11) is -3.68. The predicted octanol–water partition coefficient (Wildman–Crippen LogP) is 7.42. The fourth-order valence-corrected chi connectivity index (χ4v) is 6.30. The highest BCUT2D eigenvalue weighted by Gasteiger charge is 2.36. The molecule has 0 amide bonds. The van der Waals surface area contributed by atoms with Crippen LogP contribution in [0, 0.1) is 12.3 Å². The molecule has 0 saturated carbocycles. The molecule has 4 nitrogen and oxygen atoms in total. The van der Waals surface area contributed by atoms with Crippen LogP contribution < -0.4 is 0 Å². The van der Waals surface area contributed by atoms with Crippen LogP contribution in [0.3, 0.4) is 0 Å². The van der Waals surface area contributed by atoms with Crippen LogP contribution in [-0.2, 0) is 19.4 Å². The fraction of sp³-hybridized carbons (Fsp3) is 0.483. The number of ether oxygens (including phenoxy) is 1. The molecule has 0 N–H and O–H groups in total. The summed E-state index contributed by atoms with van der Waals surface area (Å²) < 4.78 is 32.7. The lowest BCUT2D eigenvalue weighted by atomic mass is 9.72. The molecule has 0 aliphatic heterocycles. The number of carbonyl (C=O) groups is 1. The average Bonchev–Trinajstić information content (AvgIpc) is 2.72. The Morgan fingerprint density at radius 1 is 1.06 bits per heavy atom. The molecular weight excluding hydrogens is 444 g/mol. The van der Waals surface area contributed by atoms with Gasteiger partial charge in [0.25, 0.3) is 0 Å². The molecule has 5 heteroatoms. The molecule has 0 aromatic heterocycles. The van der Waals surface area contributed by atoms with E-state index in [2.05, 4.69) is 26.8 Å². The Labute approximate surface area is 206 Å². The van der Waals surface area contributed by atoms with Gasteiger partial charge in [0, 0.05) is 6.92 Å². The monoisotopic (exact) mass is 484 g/mol. The summed E-state index contributed by atoms with van der Waals surface area (Å²) >= 11 is 0. The lowest BCUT2D eigenvalue weighted by Crippen LogP contribution is -2.25. The molecule has 186 valence electrons. The topological polar surface area (TPSA) is 60.4 Å². The van der Waals surface area contributed by atoms with Crippen LogP contribution in [0.1, 0.15) is 79.2 Å². The Bertz CT molecular complexity index is 1110. The van der Waals surface area contributed by atoms with Crippen molar-refractivity contribution in [2.75, 3.05) is 6.61 Å². The van der Waals surface area contributed by atoms with Gasteiger partial charge in [-0.3, -0.25) is 4.79 Å². The van der Waals surface area contributed by atoms with Gasteiger partial charge >= 0.3 is 5.97 Å². The minimum atomic E-state index is -3.68. The number of hydrogen-bond acceptors (Lipinski definition) is 4. The maximum atomic E-state index is 13.9. The van der Waals surface area contributed by atoms with E-state index in [-0.39, 0.29) is 18.0 Å². The van der Waals surface area contributed by atoms with Crippen molar-refractivity contribution in [1.82, 2.24) is 0 Å². The van der Waals surface area contributed by atoms with Crippen LogP contribution in [0.25, 0.3) is 0 Å². The highest BCUT2D eigenvalue weighted by Crippen LogP contribution is 2.46. The van der Waals surface area contributed by atoms with Gasteiger partial charge in [0.05, 0.1) is 9.80 Å². The summed E-state index contributed by atoms with van der Waals surface area (Å²) in [6.45, 7) is 14.0. The number of allylic oxidation sites excluding steroid dienone is 6. The maximum Gasteiger partial charge on any atom is 0.302 e. The molecule has 1 aliphatic carbocycles. The van der Waals surface area contributed by atoms with E-state index in [1.54, 1.807) is 12.1 Å². The van der Waals surface area contributed by atoms with Crippen LogP contribution in [0.5, 0.6) is 0 Å². The number of hydrogen-bond donors (Lipinski definition) is 0. The van der Waals surface area contributed by atoms with E-state index in [1.807, 2.05) is 45.1 Å². The molecular formula is C29H40O4S. The van der Waals surface area contributed by atoms with E-state index in [1.165, 1.54) is 6.92 Å². The predicted molar refractivity (Wildman–Crippen MR) is 140 cm³/mol. The summed E-state index contributed by atoms with van der Waals surface area (Å²) in [6, 6.07) is 7.12. The summed E-state index contributed by atoms with van der Waals surface area (Å²) in [5.74, 6) is -0.289. The molecule has 0 bridgehead atoms. The van der Waals surface area contributed by atoms with Crippen LogP contribution >= 0.6 is 0 Å². The number of carbonyl (C=O) groups excluding carboxylic acids is 1. The van der Waals surface area contributed by atoms with Crippen LogP contribution in [0.4, 0.5) is 0 Å². The van der Waals surface area contributed by atoms with Gasteiger partial charge in [-0.15, -0.1) is 0 Å². The summed E-state index contributed by atoms with van der Waals surface area (Å²) in [5, 5.41) is 0. The van der Waals surface area contributed by atoms with E-state index < -0.39 is 9.84 Å². The quantitative estimate of drug-likeness (QED) is 0.208. The normalized spacial score (nSPS) is 17.7. The van der Waals surface area contributed by atoms with Gasteiger partial charge in [0.15, 0.2) is 0 Å². The summed E-state index contributed by atoms with van der Waals surface area (Å²) in [6.07, 6.45) is 10.4. The molecule has 0 unspecified atom stereocenters. The summed E-state index contributed by atoms with van der Waals surface area (Å²) in [4.78, 5) is 11.7. The summed E-state index contributed by atoms with van der Waals surface area (Å²) in [5.41, 5.74) is 5.02. The lowest BCUT2D eigenvalue weighted by molar-refractivity contribution is -0.139. The third-order valence-electron chi connectivity index (χ3n) is 6.41. The van der Waals surface area contributed by atoms with E-state index in [4.69, 9.17) is 4.74 Å². The van der Waals surface area contributed by atoms with Crippen molar-refractivity contribution < 1.29 is 17.9 Å². The van der Waals surface area contributed by atoms with Crippen molar-refractivity contribution >= 4 is 15.8 Å². The van der Waals surface area contributed by atoms with E-state index >= 15 is 0 Å². The Morgan fingerprint density at radius 2 is 1.71 bits per heavy atom. The Hall–Kier alpha value is -2.40. The molecule has 0 spiro atoms. The van der Waals surface area contributed by atoms with Crippen LogP contribution in [-0.4, -0.2) is 21.0 Å². The third kappa shape index (κ3) is 7.56. The molecule has 0 radical (unpaired) electrons. The van der Waals surface area contributed by atoms with Gasteiger partial charge in [-0.25, -0.2) is 8.42 Å².